The molecule has 2 aromatic rings. The lowest BCUT2D eigenvalue weighted by atomic mass is 10.1. The van der Waals surface area contributed by atoms with Gasteiger partial charge in [0.15, 0.2) is 0 Å². The van der Waals surface area contributed by atoms with Gasteiger partial charge in [-0.15, -0.1) is 0 Å². The minimum Gasteiger partial charge on any atom is -0.273 e. The van der Waals surface area contributed by atoms with Crippen LogP contribution in [0.3, 0.4) is 0 Å². The number of nitrogens with zero attached hydrogens (tertiary/aromatic N) is 1. The normalized spacial score (nSPS) is 11.2. The lowest BCUT2D eigenvalue weighted by Crippen LogP contribution is -2.21. The number of carbonyl (C=O) groups is 1. The van der Waals surface area contributed by atoms with E-state index in [0.717, 1.165) is 21.3 Å². The second-order valence-electron chi connectivity index (χ2n) is 4.40. The summed E-state index contributed by atoms with van der Waals surface area (Å²) < 4.78 is 1.02. The maximum Gasteiger partial charge on any atom is 0.244 e. The van der Waals surface area contributed by atoms with Crippen LogP contribution in [0.5, 0.6) is 0 Å². The third kappa shape index (κ3) is 4.31. The van der Waals surface area contributed by atoms with Crippen molar-refractivity contribution >= 4 is 27.5 Å². The summed E-state index contributed by atoms with van der Waals surface area (Å²) in [6.07, 6.45) is 0.331. The van der Waals surface area contributed by atoms with E-state index in [9.17, 15) is 4.79 Å². The average Bonchev–Trinajstić information content (AvgIpc) is 2.46. The third-order valence-electron chi connectivity index (χ3n) is 2.82. The first-order valence-electron chi connectivity index (χ1n) is 6.28. The van der Waals surface area contributed by atoms with Gasteiger partial charge in [-0.1, -0.05) is 58.4 Å². The summed E-state index contributed by atoms with van der Waals surface area (Å²) in [5.74, 6) is -0.118. The van der Waals surface area contributed by atoms with Gasteiger partial charge >= 0.3 is 0 Å². The van der Waals surface area contributed by atoms with Gasteiger partial charge in [-0.3, -0.25) is 4.79 Å². The zero-order valence-electron chi connectivity index (χ0n) is 11.1. The minimum atomic E-state index is -0.118. The molecule has 0 aliphatic heterocycles. The van der Waals surface area contributed by atoms with Gasteiger partial charge < -0.3 is 0 Å². The van der Waals surface area contributed by atoms with Crippen molar-refractivity contribution in [2.75, 3.05) is 0 Å². The number of hydrogen-bond acceptors (Lipinski definition) is 2. The Balaban J connectivity index is 1.95. The molecule has 0 bridgehead atoms. The van der Waals surface area contributed by atoms with Gasteiger partial charge in [-0.05, 0) is 30.2 Å². The van der Waals surface area contributed by atoms with Crippen LogP contribution in [0.25, 0.3) is 0 Å². The predicted octanol–water partition coefficient (Wildman–Crippen LogP) is 3.53. The summed E-state index contributed by atoms with van der Waals surface area (Å²) in [7, 11) is 0. The standard InChI is InChI=1S/C16H15BrN2O/c1-12(14-7-9-15(17)10-8-14)18-19-16(20)11-13-5-3-2-4-6-13/h2-10H,11H2,1H3,(H,19,20)/b18-12+. The molecule has 1 N–H and O–H groups in total. The first-order valence-corrected chi connectivity index (χ1v) is 7.07. The molecule has 2 aromatic carbocycles. The van der Waals surface area contributed by atoms with Crippen LogP contribution in [0.4, 0.5) is 0 Å². The van der Waals surface area contributed by atoms with Crippen LogP contribution in [0, 0.1) is 0 Å². The first-order chi connectivity index (χ1) is 9.65. The summed E-state index contributed by atoms with van der Waals surface area (Å²) in [6, 6.07) is 17.4. The smallest absolute Gasteiger partial charge is 0.244 e. The number of amides is 1. The van der Waals surface area contributed by atoms with Gasteiger partial charge in [0.05, 0.1) is 12.1 Å². The molecule has 20 heavy (non-hydrogen) atoms. The largest absolute Gasteiger partial charge is 0.273 e. The van der Waals surface area contributed by atoms with E-state index in [2.05, 4.69) is 26.5 Å². The van der Waals surface area contributed by atoms with E-state index in [1.807, 2.05) is 61.5 Å². The van der Waals surface area contributed by atoms with Gasteiger partial charge in [0, 0.05) is 4.47 Å². The Bertz CT molecular complexity index is 606. The van der Waals surface area contributed by atoms with Crippen molar-refractivity contribution in [3.05, 3.63) is 70.2 Å². The van der Waals surface area contributed by atoms with Crippen molar-refractivity contribution in [3.8, 4) is 0 Å². The van der Waals surface area contributed by atoms with Crippen LogP contribution >= 0.6 is 15.9 Å². The molecule has 0 saturated carbocycles. The van der Waals surface area contributed by atoms with Crippen LogP contribution in [0.2, 0.25) is 0 Å². The van der Waals surface area contributed by atoms with E-state index in [4.69, 9.17) is 0 Å². The first kappa shape index (κ1) is 14.5. The molecular formula is C16H15BrN2O. The molecule has 0 spiro atoms. The van der Waals surface area contributed by atoms with Gasteiger partial charge in [-0.2, -0.15) is 5.10 Å². The highest BCUT2D eigenvalue weighted by molar-refractivity contribution is 9.10. The number of nitrogens with one attached hydrogen (secondary N) is 1. The molecule has 1 amide bonds. The highest BCUT2D eigenvalue weighted by Gasteiger charge is 2.02. The molecule has 4 heteroatoms. The van der Waals surface area contributed by atoms with Gasteiger partial charge in [-0.25, -0.2) is 5.43 Å². The van der Waals surface area contributed by atoms with Crippen LogP contribution in [-0.4, -0.2) is 11.6 Å². The number of carbonyl (C=O) groups excluding carboxylic acids is 1. The number of benzene rings is 2. The molecule has 0 heterocycles. The minimum absolute atomic E-state index is 0.118. The molecule has 0 fully saturated rings. The van der Waals surface area contributed by atoms with E-state index in [0.29, 0.717) is 6.42 Å². The quantitative estimate of drug-likeness (QED) is 0.676. The average molecular weight is 331 g/mol. The zero-order valence-corrected chi connectivity index (χ0v) is 12.7. The van der Waals surface area contributed by atoms with Crippen molar-refractivity contribution in [2.45, 2.75) is 13.3 Å². The molecule has 0 aromatic heterocycles. The number of rotatable bonds is 4. The maximum atomic E-state index is 11.8. The number of halogens is 1. The van der Waals surface area contributed by atoms with Crippen molar-refractivity contribution in [1.82, 2.24) is 5.43 Å². The van der Waals surface area contributed by atoms with Crippen LogP contribution < -0.4 is 5.43 Å². The fraction of sp³-hybridized carbons (Fsp3) is 0.125. The highest BCUT2D eigenvalue weighted by atomic mass is 79.9. The summed E-state index contributed by atoms with van der Waals surface area (Å²) in [5, 5.41) is 4.12. The Kier molecular flexibility index (Phi) is 5.07. The summed E-state index contributed by atoms with van der Waals surface area (Å²) in [4.78, 5) is 11.8. The Morgan fingerprint density at radius 1 is 1.10 bits per heavy atom. The molecule has 2 rings (SSSR count). The van der Waals surface area contributed by atoms with E-state index in [-0.39, 0.29) is 5.91 Å². The van der Waals surface area contributed by atoms with Crippen molar-refractivity contribution in [3.63, 3.8) is 0 Å². The lowest BCUT2D eigenvalue weighted by molar-refractivity contribution is -0.120. The molecule has 0 saturated heterocycles. The molecule has 0 atom stereocenters. The lowest BCUT2D eigenvalue weighted by Gasteiger charge is -2.03. The predicted molar refractivity (Wildman–Crippen MR) is 84.6 cm³/mol. The fourth-order valence-corrected chi connectivity index (χ4v) is 1.99. The van der Waals surface area contributed by atoms with Crippen molar-refractivity contribution in [2.24, 2.45) is 5.10 Å². The Morgan fingerprint density at radius 3 is 2.40 bits per heavy atom. The molecule has 0 aliphatic carbocycles. The molecule has 3 nitrogen and oxygen atoms in total. The molecular weight excluding hydrogens is 316 g/mol. The van der Waals surface area contributed by atoms with Crippen LogP contribution in [0.15, 0.2) is 64.2 Å². The van der Waals surface area contributed by atoms with Crippen LogP contribution in [-0.2, 0) is 11.2 Å². The number of hydrogen-bond donors (Lipinski definition) is 1. The maximum absolute atomic E-state index is 11.8. The van der Waals surface area contributed by atoms with Gasteiger partial charge in [0.1, 0.15) is 0 Å². The highest BCUT2D eigenvalue weighted by Crippen LogP contribution is 2.11. The molecule has 0 aliphatic rings. The molecule has 0 unspecified atom stereocenters. The molecule has 102 valence electrons. The van der Waals surface area contributed by atoms with Crippen molar-refractivity contribution in [1.29, 1.82) is 0 Å². The number of hydrazone groups is 1. The second kappa shape index (κ2) is 7.01. The Morgan fingerprint density at radius 2 is 1.75 bits per heavy atom. The van der Waals surface area contributed by atoms with E-state index in [1.54, 1.807) is 0 Å². The SMILES string of the molecule is C/C(=N\NC(=O)Cc1ccccc1)c1ccc(Br)cc1. The fourth-order valence-electron chi connectivity index (χ4n) is 1.72. The Labute approximate surface area is 126 Å². The zero-order chi connectivity index (χ0) is 14.4. The third-order valence-corrected chi connectivity index (χ3v) is 3.35. The van der Waals surface area contributed by atoms with Gasteiger partial charge in [0.2, 0.25) is 5.91 Å². The molecule has 0 radical (unpaired) electrons. The van der Waals surface area contributed by atoms with Gasteiger partial charge in [0.25, 0.3) is 0 Å². The van der Waals surface area contributed by atoms with E-state index >= 15 is 0 Å². The summed E-state index contributed by atoms with van der Waals surface area (Å²) in [6.45, 7) is 1.87. The van der Waals surface area contributed by atoms with E-state index in [1.165, 1.54) is 0 Å². The summed E-state index contributed by atoms with van der Waals surface area (Å²) in [5.41, 5.74) is 5.31. The van der Waals surface area contributed by atoms with E-state index < -0.39 is 0 Å². The topological polar surface area (TPSA) is 41.5 Å². The van der Waals surface area contributed by atoms with Crippen molar-refractivity contribution < 1.29 is 4.79 Å². The van der Waals surface area contributed by atoms with Crippen LogP contribution in [0.1, 0.15) is 18.1 Å². The second-order valence-corrected chi connectivity index (χ2v) is 5.32. The summed E-state index contributed by atoms with van der Waals surface area (Å²) >= 11 is 3.38. The Hall–Kier alpha value is -1.94. The monoisotopic (exact) mass is 330 g/mol.